The van der Waals surface area contributed by atoms with Crippen LogP contribution in [-0.2, 0) is 13.0 Å². The lowest BCUT2D eigenvalue weighted by atomic mass is 10.1. The predicted octanol–water partition coefficient (Wildman–Crippen LogP) is 1.89. The molecule has 0 saturated heterocycles. The van der Waals surface area contributed by atoms with Gasteiger partial charge in [0, 0.05) is 18.4 Å². The quantitative estimate of drug-likeness (QED) is 0.753. The third-order valence-electron chi connectivity index (χ3n) is 3.32. The van der Waals surface area contributed by atoms with E-state index in [-0.39, 0.29) is 0 Å². The Morgan fingerprint density at radius 3 is 3.24 bits per heavy atom. The maximum atomic E-state index is 9.76. The van der Waals surface area contributed by atoms with E-state index in [1.807, 2.05) is 12.3 Å². The Morgan fingerprint density at radius 1 is 1.47 bits per heavy atom. The third-order valence-corrected chi connectivity index (χ3v) is 3.32. The van der Waals surface area contributed by atoms with Crippen molar-refractivity contribution < 1.29 is 5.11 Å². The van der Waals surface area contributed by atoms with Crippen molar-refractivity contribution in [3.8, 4) is 5.75 Å². The molecule has 4 nitrogen and oxygen atoms in total. The van der Waals surface area contributed by atoms with Gasteiger partial charge in [-0.1, -0.05) is 12.1 Å². The molecule has 0 amide bonds. The van der Waals surface area contributed by atoms with Crippen LogP contribution in [0.25, 0.3) is 0 Å². The van der Waals surface area contributed by atoms with Gasteiger partial charge in [-0.05, 0) is 30.0 Å². The molecule has 0 spiro atoms. The number of aromatic amines is 1. The van der Waals surface area contributed by atoms with Gasteiger partial charge in [-0.3, -0.25) is 0 Å². The van der Waals surface area contributed by atoms with Gasteiger partial charge >= 0.3 is 0 Å². The van der Waals surface area contributed by atoms with Gasteiger partial charge in [0.2, 0.25) is 0 Å². The van der Waals surface area contributed by atoms with Crippen LogP contribution in [0.5, 0.6) is 5.75 Å². The Kier molecular flexibility index (Phi) is 2.57. The first-order valence-corrected chi connectivity index (χ1v) is 5.87. The smallest absolute Gasteiger partial charge is 0.120 e. The summed E-state index contributed by atoms with van der Waals surface area (Å²) in [5.74, 6) is 1.36. The number of nitrogens with one attached hydrogen (secondary N) is 2. The molecular weight excluding hydrogens is 214 g/mol. The molecule has 1 aliphatic carbocycles. The first kappa shape index (κ1) is 10.4. The zero-order valence-electron chi connectivity index (χ0n) is 9.48. The standard InChI is InChI=1S/C13H15N3O/c17-12-3-1-2-9-10(12)4-5-11(9)16-8-13-14-6-7-15-13/h1-3,6-7,11,16-17H,4-5,8H2,(H,14,15). The highest BCUT2D eigenvalue weighted by Crippen LogP contribution is 2.36. The highest BCUT2D eigenvalue weighted by molar-refractivity contribution is 5.44. The summed E-state index contributed by atoms with van der Waals surface area (Å²) in [6.07, 6.45) is 5.56. The van der Waals surface area contributed by atoms with E-state index in [0.717, 1.165) is 30.8 Å². The summed E-state index contributed by atoms with van der Waals surface area (Å²) >= 11 is 0. The minimum absolute atomic E-state index is 0.321. The Bertz CT molecular complexity index is 507. The van der Waals surface area contributed by atoms with Crippen LogP contribution in [-0.4, -0.2) is 15.1 Å². The average molecular weight is 229 g/mol. The lowest BCUT2D eigenvalue weighted by Gasteiger charge is -2.13. The predicted molar refractivity (Wildman–Crippen MR) is 64.6 cm³/mol. The van der Waals surface area contributed by atoms with Crippen molar-refractivity contribution in [1.29, 1.82) is 0 Å². The second-order valence-electron chi connectivity index (χ2n) is 4.35. The van der Waals surface area contributed by atoms with Crippen LogP contribution in [0.15, 0.2) is 30.6 Å². The highest BCUT2D eigenvalue weighted by atomic mass is 16.3. The molecule has 1 unspecified atom stereocenters. The summed E-state index contributed by atoms with van der Waals surface area (Å²) in [6.45, 7) is 0.729. The number of hydrogen-bond donors (Lipinski definition) is 3. The molecule has 0 saturated carbocycles. The van der Waals surface area contributed by atoms with Gasteiger partial charge in [-0.2, -0.15) is 0 Å². The van der Waals surface area contributed by atoms with Crippen LogP contribution in [0.4, 0.5) is 0 Å². The fourth-order valence-corrected chi connectivity index (χ4v) is 2.46. The maximum Gasteiger partial charge on any atom is 0.120 e. The van der Waals surface area contributed by atoms with Gasteiger partial charge < -0.3 is 15.4 Å². The number of phenolic OH excluding ortho intramolecular Hbond substituents is 1. The Morgan fingerprint density at radius 2 is 2.41 bits per heavy atom. The first-order valence-electron chi connectivity index (χ1n) is 5.87. The maximum absolute atomic E-state index is 9.76. The molecule has 0 radical (unpaired) electrons. The lowest BCUT2D eigenvalue weighted by Crippen LogP contribution is -2.19. The minimum Gasteiger partial charge on any atom is -0.508 e. The summed E-state index contributed by atoms with van der Waals surface area (Å²) < 4.78 is 0. The van der Waals surface area contributed by atoms with Crippen LogP contribution in [0.2, 0.25) is 0 Å². The largest absolute Gasteiger partial charge is 0.508 e. The van der Waals surface area contributed by atoms with E-state index < -0.39 is 0 Å². The van der Waals surface area contributed by atoms with E-state index in [2.05, 4.69) is 21.4 Å². The zero-order chi connectivity index (χ0) is 11.7. The van der Waals surface area contributed by atoms with E-state index in [1.54, 1.807) is 12.3 Å². The minimum atomic E-state index is 0.321. The molecule has 17 heavy (non-hydrogen) atoms. The number of imidazole rings is 1. The summed E-state index contributed by atoms with van der Waals surface area (Å²) in [5, 5.41) is 13.2. The number of aromatic hydroxyl groups is 1. The number of H-pyrrole nitrogens is 1. The van der Waals surface area contributed by atoms with Gasteiger partial charge in [0.15, 0.2) is 0 Å². The van der Waals surface area contributed by atoms with E-state index in [0.29, 0.717) is 11.8 Å². The van der Waals surface area contributed by atoms with Crippen LogP contribution < -0.4 is 5.32 Å². The Hall–Kier alpha value is -1.81. The fourth-order valence-electron chi connectivity index (χ4n) is 2.46. The normalized spacial score (nSPS) is 18.2. The molecule has 0 aliphatic heterocycles. The second-order valence-corrected chi connectivity index (χ2v) is 4.35. The SMILES string of the molecule is Oc1cccc2c1CCC2NCc1ncc[nH]1. The van der Waals surface area contributed by atoms with Crippen molar-refractivity contribution in [3.05, 3.63) is 47.5 Å². The summed E-state index contributed by atoms with van der Waals surface area (Å²) in [5.41, 5.74) is 2.31. The van der Waals surface area contributed by atoms with Crippen LogP contribution >= 0.6 is 0 Å². The molecular formula is C13H15N3O. The van der Waals surface area contributed by atoms with E-state index in [9.17, 15) is 5.11 Å². The molecule has 0 bridgehead atoms. The van der Waals surface area contributed by atoms with E-state index in [1.165, 1.54) is 5.56 Å². The molecule has 0 fully saturated rings. The van der Waals surface area contributed by atoms with Crippen molar-refractivity contribution in [2.45, 2.75) is 25.4 Å². The summed E-state index contributed by atoms with van der Waals surface area (Å²) in [4.78, 5) is 7.26. The van der Waals surface area contributed by atoms with E-state index in [4.69, 9.17) is 0 Å². The molecule has 2 aromatic rings. The molecule has 1 heterocycles. The number of aromatic nitrogens is 2. The van der Waals surface area contributed by atoms with Crippen molar-refractivity contribution >= 4 is 0 Å². The molecule has 1 aromatic carbocycles. The van der Waals surface area contributed by atoms with Crippen molar-refractivity contribution in [3.63, 3.8) is 0 Å². The molecule has 3 rings (SSSR count). The molecule has 1 atom stereocenters. The third kappa shape index (κ3) is 1.91. The van der Waals surface area contributed by atoms with Gasteiger partial charge in [-0.25, -0.2) is 4.98 Å². The van der Waals surface area contributed by atoms with Gasteiger partial charge in [-0.15, -0.1) is 0 Å². The number of fused-ring (bicyclic) bond motifs is 1. The summed E-state index contributed by atoms with van der Waals surface area (Å²) in [7, 11) is 0. The first-order chi connectivity index (χ1) is 8.34. The van der Waals surface area contributed by atoms with Gasteiger partial charge in [0.05, 0.1) is 6.54 Å². The molecule has 3 N–H and O–H groups in total. The Balaban J connectivity index is 1.73. The average Bonchev–Trinajstić information content (AvgIpc) is 2.95. The van der Waals surface area contributed by atoms with Gasteiger partial charge in [0.1, 0.15) is 11.6 Å². The second kappa shape index (κ2) is 4.22. The molecule has 1 aromatic heterocycles. The van der Waals surface area contributed by atoms with Crippen LogP contribution in [0.3, 0.4) is 0 Å². The van der Waals surface area contributed by atoms with E-state index >= 15 is 0 Å². The topological polar surface area (TPSA) is 60.9 Å². The Labute approximate surface area is 99.7 Å². The molecule has 1 aliphatic rings. The molecule has 4 heteroatoms. The highest BCUT2D eigenvalue weighted by Gasteiger charge is 2.24. The number of hydrogen-bond acceptors (Lipinski definition) is 3. The van der Waals surface area contributed by atoms with Crippen molar-refractivity contribution in [1.82, 2.24) is 15.3 Å². The number of phenols is 1. The summed E-state index contributed by atoms with van der Waals surface area (Å²) in [6, 6.07) is 6.07. The van der Waals surface area contributed by atoms with Gasteiger partial charge in [0.25, 0.3) is 0 Å². The lowest BCUT2D eigenvalue weighted by molar-refractivity contribution is 0.469. The van der Waals surface area contributed by atoms with Crippen molar-refractivity contribution in [2.75, 3.05) is 0 Å². The fraction of sp³-hybridized carbons (Fsp3) is 0.308. The number of rotatable bonds is 3. The molecule has 88 valence electrons. The monoisotopic (exact) mass is 229 g/mol. The number of nitrogens with zero attached hydrogens (tertiary/aromatic N) is 1. The number of benzene rings is 1. The zero-order valence-corrected chi connectivity index (χ0v) is 9.48. The van der Waals surface area contributed by atoms with Crippen LogP contribution in [0.1, 0.15) is 29.4 Å². The van der Waals surface area contributed by atoms with Crippen LogP contribution in [0, 0.1) is 0 Å². The van der Waals surface area contributed by atoms with Crippen molar-refractivity contribution in [2.24, 2.45) is 0 Å².